The van der Waals surface area contributed by atoms with Crippen LogP contribution in [0.2, 0.25) is 0 Å². The minimum absolute atomic E-state index is 0.0842. The van der Waals surface area contributed by atoms with Gasteiger partial charge in [-0.2, -0.15) is 13.2 Å². The van der Waals surface area contributed by atoms with Crippen LogP contribution in [0.3, 0.4) is 0 Å². The van der Waals surface area contributed by atoms with Gasteiger partial charge >= 0.3 is 6.18 Å². The summed E-state index contributed by atoms with van der Waals surface area (Å²) in [6, 6.07) is 1.52. The average Bonchev–Trinajstić information content (AvgIpc) is 2.89. The van der Waals surface area contributed by atoms with E-state index >= 15 is 0 Å². The van der Waals surface area contributed by atoms with E-state index in [2.05, 4.69) is 9.97 Å². The molecule has 0 bridgehead atoms. The first-order chi connectivity index (χ1) is 12.2. The van der Waals surface area contributed by atoms with Crippen LogP contribution >= 0.6 is 0 Å². The Balaban J connectivity index is 2.07. The van der Waals surface area contributed by atoms with E-state index in [-0.39, 0.29) is 18.0 Å². The fraction of sp³-hybridized carbons (Fsp3) is 0.375. The SMILES string of the molecule is CN1CC(C(F)(F)F)=Cc2nc(-c3ccncc3OCC(F)F)n(C)c21. The number of rotatable bonds is 4. The molecule has 1 aliphatic rings. The summed E-state index contributed by atoms with van der Waals surface area (Å²) in [6.07, 6.45) is -3.42. The van der Waals surface area contributed by atoms with Crippen molar-refractivity contribution in [2.24, 2.45) is 7.05 Å². The highest BCUT2D eigenvalue weighted by molar-refractivity contribution is 5.75. The zero-order chi connectivity index (χ0) is 19.1. The second-order valence-corrected chi connectivity index (χ2v) is 5.80. The maximum Gasteiger partial charge on any atom is 0.414 e. The smallest absolute Gasteiger partial charge is 0.414 e. The van der Waals surface area contributed by atoms with Crippen molar-refractivity contribution in [2.75, 3.05) is 25.1 Å². The summed E-state index contributed by atoms with van der Waals surface area (Å²) >= 11 is 0. The van der Waals surface area contributed by atoms with Crippen molar-refractivity contribution >= 4 is 11.9 Å². The monoisotopic (exact) mass is 374 g/mol. The number of imidazole rings is 1. The maximum atomic E-state index is 13.1. The van der Waals surface area contributed by atoms with Crippen molar-refractivity contribution in [3.05, 3.63) is 29.7 Å². The number of anilines is 1. The van der Waals surface area contributed by atoms with E-state index in [1.54, 1.807) is 11.6 Å². The lowest BCUT2D eigenvalue weighted by atomic mass is 10.1. The largest absolute Gasteiger partial charge is 0.485 e. The fourth-order valence-electron chi connectivity index (χ4n) is 2.85. The molecule has 2 aromatic rings. The molecule has 2 aromatic heterocycles. The third-order valence-corrected chi connectivity index (χ3v) is 3.93. The van der Waals surface area contributed by atoms with Crippen LogP contribution in [0.15, 0.2) is 24.0 Å². The van der Waals surface area contributed by atoms with Crippen LogP contribution in [0.25, 0.3) is 17.5 Å². The molecule has 0 aromatic carbocycles. The van der Waals surface area contributed by atoms with E-state index in [4.69, 9.17) is 4.74 Å². The lowest BCUT2D eigenvalue weighted by Crippen LogP contribution is -2.31. The number of ether oxygens (including phenoxy) is 1. The number of halogens is 5. The van der Waals surface area contributed by atoms with E-state index in [1.807, 2.05) is 0 Å². The Morgan fingerprint density at radius 3 is 2.65 bits per heavy atom. The zero-order valence-corrected chi connectivity index (χ0v) is 13.9. The molecule has 3 rings (SSSR count). The van der Waals surface area contributed by atoms with Gasteiger partial charge in [-0.25, -0.2) is 13.8 Å². The van der Waals surface area contributed by atoms with Crippen molar-refractivity contribution in [2.45, 2.75) is 12.6 Å². The van der Waals surface area contributed by atoms with Crippen molar-refractivity contribution in [3.8, 4) is 17.1 Å². The van der Waals surface area contributed by atoms with Gasteiger partial charge in [-0.3, -0.25) is 4.98 Å². The molecule has 0 radical (unpaired) electrons. The molecule has 1 aliphatic heterocycles. The minimum atomic E-state index is -4.45. The Morgan fingerprint density at radius 2 is 2.00 bits per heavy atom. The molecule has 0 fully saturated rings. The van der Waals surface area contributed by atoms with Crippen molar-refractivity contribution in [1.29, 1.82) is 0 Å². The standard InChI is InChI=1S/C16H15F5N4O/c1-24-7-9(16(19,20)21)5-11-15(24)25(2)14(23-11)10-3-4-22-6-12(10)26-8-13(17)18/h3-6,13H,7-8H2,1-2H3. The predicted octanol–water partition coefficient (Wildman–Crippen LogP) is 3.52. The molecular weight excluding hydrogens is 359 g/mol. The molecule has 26 heavy (non-hydrogen) atoms. The van der Waals surface area contributed by atoms with Crippen LogP contribution in [0.5, 0.6) is 5.75 Å². The number of alkyl halides is 5. The third kappa shape index (κ3) is 3.35. The van der Waals surface area contributed by atoms with Gasteiger partial charge in [-0.05, 0) is 12.1 Å². The molecule has 0 amide bonds. The Bertz CT molecular complexity index is 844. The van der Waals surface area contributed by atoms with E-state index in [1.165, 1.54) is 30.4 Å². The normalized spacial score (nSPS) is 14.5. The van der Waals surface area contributed by atoms with Crippen molar-refractivity contribution < 1.29 is 26.7 Å². The van der Waals surface area contributed by atoms with Gasteiger partial charge < -0.3 is 14.2 Å². The number of pyridine rings is 1. The van der Waals surface area contributed by atoms with Crippen LogP contribution in [-0.2, 0) is 7.05 Å². The summed E-state index contributed by atoms with van der Waals surface area (Å²) < 4.78 is 70.7. The third-order valence-electron chi connectivity index (χ3n) is 3.93. The summed E-state index contributed by atoms with van der Waals surface area (Å²) in [5, 5.41) is 0. The molecule has 5 nitrogen and oxygen atoms in total. The Hall–Kier alpha value is -2.65. The summed E-state index contributed by atoms with van der Waals surface area (Å²) in [7, 11) is 3.17. The van der Waals surface area contributed by atoms with Crippen LogP contribution in [0.4, 0.5) is 27.8 Å². The highest BCUT2D eigenvalue weighted by Gasteiger charge is 2.38. The number of hydrogen-bond acceptors (Lipinski definition) is 4. The summed E-state index contributed by atoms with van der Waals surface area (Å²) in [4.78, 5) is 9.55. The van der Waals surface area contributed by atoms with Gasteiger partial charge in [0.1, 0.15) is 29.7 Å². The van der Waals surface area contributed by atoms with E-state index < -0.39 is 24.8 Å². The number of nitrogens with zero attached hydrogens (tertiary/aromatic N) is 4. The van der Waals surface area contributed by atoms with E-state index in [0.29, 0.717) is 17.2 Å². The average molecular weight is 374 g/mol. The molecule has 0 atom stereocenters. The van der Waals surface area contributed by atoms with Gasteiger partial charge in [0.2, 0.25) is 0 Å². The molecular formula is C16H15F5N4O. The Labute approximate surface area is 145 Å². The molecule has 0 unspecified atom stereocenters. The summed E-state index contributed by atoms with van der Waals surface area (Å²) in [5.41, 5.74) is -0.186. The van der Waals surface area contributed by atoms with Gasteiger partial charge in [0.25, 0.3) is 6.43 Å². The summed E-state index contributed by atoms with van der Waals surface area (Å²) in [6.45, 7) is -1.12. The number of likely N-dealkylation sites (N-methyl/N-ethyl adjacent to an activating group) is 1. The van der Waals surface area contributed by atoms with Crippen LogP contribution in [-0.4, -0.2) is 47.3 Å². The molecule has 0 N–H and O–H groups in total. The molecule has 0 spiro atoms. The molecule has 0 saturated carbocycles. The first-order valence-corrected chi connectivity index (χ1v) is 7.59. The van der Waals surface area contributed by atoms with Crippen LogP contribution in [0, 0.1) is 0 Å². The van der Waals surface area contributed by atoms with E-state index in [0.717, 1.165) is 6.08 Å². The molecule has 140 valence electrons. The Kier molecular flexibility index (Phi) is 4.59. The summed E-state index contributed by atoms with van der Waals surface area (Å²) in [5.74, 6) is 0.874. The predicted molar refractivity (Wildman–Crippen MR) is 85.2 cm³/mol. The Morgan fingerprint density at radius 1 is 1.27 bits per heavy atom. The van der Waals surface area contributed by atoms with Gasteiger partial charge in [-0.15, -0.1) is 0 Å². The van der Waals surface area contributed by atoms with Crippen LogP contribution < -0.4 is 9.64 Å². The fourth-order valence-corrected chi connectivity index (χ4v) is 2.85. The molecule has 3 heterocycles. The first kappa shape index (κ1) is 18.2. The molecule has 0 aliphatic carbocycles. The van der Waals surface area contributed by atoms with Crippen LogP contribution in [0.1, 0.15) is 5.69 Å². The van der Waals surface area contributed by atoms with Gasteiger partial charge in [-0.1, -0.05) is 0 Å². The highest BCUT2D eigenvalue weighted by atomic mass is 19.4. The lowest BCUT2D eigenvalue weighted by Gasteiger charge is -2.26. The van der Waals surface area contributed by atoms with Gasteiger partial charge in [0, 0.05) is 26.8 Å². The second kappa shape index (κ2) is 6.58. The van der Waals surface area contributed by atoms with Crippen molar-refractivity contribution in [3.63, 3.8) is 0 Å². The van der Waals surface area contributed by atoms with Gasteiger partial charge in [0.05, 0.1) is 17.3 Å². The number of aromatic nitrogens is 3. The zero-order valence-electron chi connectivity index (χ0n) is 13.9. The topological polar surface area (TPSA) is 43.2 Å². The second-order valence-electron chi connectivity index (χ2n) is 5.80. The van der Waals surface area contributed by atoms with Gasteiger partial charge in [0.15, 0.2) is 0 Å². The minimum Gasteiger partial charge on any atom is -0.485 e. The highest BCUT2D eigenvalue weighted by Crippen LogP contribution is 2.38. The first-order valence-electron chi connectivity index (χ1n) is 7.59. The quantitative estimate of drug-likeness (QED) is 0.768. The van der Waals surface area contributed by atoms with Crippen molar-refractivity contribution in [1.82, 2.24) is 14.5 Å². The lowest BCUT2D eigenvalue weighted by molar-refractivity contribution is -0.0914. The maximum absolute atomic E-state index is 13.1. The van der Waals surface area contributed by atoms with E-state index in [9.17, 15) is 22.0 Å². The number of hydrogen-bond donors (Lipinski definition) is 0. The molecule has 0 saturated heterocycles. The number of fused-ring (bicyclic) bond motifs is 1. The molecule has 10 heteroatoms.